The van der Waals surface area contributed by atoms with Crippen LogP contribution >= 0.6 is 34.0 Å². The number of rotatable bonds is 3. The molecule has 22 heavy (non-hydrogen) atoms. The number of carbonyl (C=O) groups excluding carboxylic acids is 1. The van der Waals surface area contributed by atoms with Crippen LogP contribution in [0.3, 0.4) is 0 Å². The molecule has 1 aromatic carbocycles. The average Bonchev–Trinajstić information content (AvgIpc) is 3.20. The van der Waals surface area contributed by atoms with E-state index in [0.29, 0.717) is 10.0 Å². The fourth-order valence-electron chi connectivity index (χ4n) is 2.22. The molecule has 0 bridgehead atoms. The van der Waals surface area contributed by atoms with E-state index in [0.717, 1.165) is 16.1 Å². The van der Waals surface area contributed by atoms with Gasteiger partial charge in [-0.2, -0.15) is 0 Å². The Labute approximate surface area is 138 Å². The summed E-state index contributed by atoms with van der Waals surface area (Å²) >= 11 is 4.67. The lowest BCUT2D eigenvalue weighted by Crippen LogP contribution is -2.09. The first kappa shape index (κ1) is 13.8. The molecule has 0 fully saturated rings. The second-order valence-electron chi connectivity index (χ2n) is 4.71. The molecular weight excluding hydrogens is 334 g/mol. The van der Waals surface area contributed by atoms with E-state index in [1.165, 1.54) is 37.5 Å². The monoisotopic (exact) mass is 345 g/mol. The van der Waals surface area contributed by atoms with Crippen LogP contribution in [-0.2, 0) is 6.42 Å². The molecule has 3 aromatic heterocycles. The van der Waals surface area contributed by atoms with Gasteiger partial charge in [-0.3, -0.25) is 10.1 Å². The molecule has 4 rings (SSSR count). The zero-order valence-corrected chi connectivity index (χ0v) is 14.1. The van der Waals surface area contributed by atoms with Crippen LogP contribution in [0.1, 0.15) is 21.6 Å². The van der Waals surface area contributed by atoms with Gasteiger partial charge in [0.1, 0.15) is 5.01 Å². The van der Waals surface area contributed by atoms with Crippen LogP contribution in [0, 0.1) is 0 Å². The average molecular weight is 345 g/mol. The summed E-state index contributed by atoms with van der Waals surface area (Å²) in [7, 11) is 0. The third-order valence-corrected chi connectivity index (χ3v) is 6.66. The molecule has 110 valence electrons. The Morgan fingerprint density at radius 1 is 1.14 bits per heavy atom. The first-order chi connectivity index (χ1) is 10.7. The maximum absolute atomic E-state index is 12.4. The quantitative estimate of drug-likeness (QED) is 0.581. The van der Waals surface area contributed by atoms with Crippen molar-refractivity contribution in [2.24, 2.45) is 0 Å². The summed E-state index contributed by atoms with van der Waals surface area (Å²) in [5.41, 5.74) is 0. The highest BCUT2D eigenvalue weighted by atomic mass is 32.1. The summed E-state index contributed by atoms with van der Waals surface area (Å²) < 4.78 is 3.59. The van der Waals surface area contributed by atoms with Gasteiger partial charge in [-0.05, 0) is 18.6 Å². The van der Waals surface area contributed by atoms with E-state index in [1.54, 1.807) is 11.3 Å². The minimum absolute atomic E-state index is 0.115. The number of benzene rings is 1. The largest absolute Gasteiger partial charge is 0.296 e. The molecule has 0 aliphatic carbocycles. The highest BCUT2D eigenvalue weighted by Gasteiger charge is 2.15. The van der Waals surface area contributed by atoms with Crippen molar-refractivity contribution < 1.29 is 4.79 Å². The second-order valence-corrected chi connectivity index (χ2v) is 7.91. The normalized spacial score (nSPS) is 11.3. The van der Waals surface area contributed by atoms with Crippen molar-refractivity contribution in [2.45, 2.75) is 13.3 Å². The van der Waals surface area contributed by atoms with Crippen LogP contribution in [0.15, 0.2) is 30.3 Å². The Bertz CT molecular complexity index is 982. The van der Waals surface area contributed by atoms with Crippen molar-refractivity contribution >= 4 is 64.5 Å². The summed E-state index contributed by atoms with van der Waals surface area (Å²) in [5, 5.41) is 13.5. The smallest absolute Gasteiger partial charge is 0.267 e. The molecule has 0 saturated heterocycles. The van der Waals surface area contributed by atoms with Crippen molar-refractivity contribution in [3.05, 3.63) is 40.2 Å². The van der Waals surface area contributed by atoms with Gasteiger partial charge in [-0.1, -0.05) is 36.5 Å². The molecule has 1 N–H and O–H groups in total. The van der Waals surface area contributed by atoms with Gasteiger partial charge in [-0.15, -0.1) is 32.9 Å². The van der Waals surface area contributed by atoms with Crippen LogP contribution < -0.4 is 5.32 Å². The fraction of sp³-hybridized carbons (Fsp3) is 0.133. The highest BCUT2D eigenvalue weighted by Crippen LogP contribution is 2.39. The Balaban J connectivity index is 1.66. The molecule has 0 radical (unpaired) electrons. The van der Waals surface area contributed by atoms with E-state index in [1.807, 2.05) is 25.1 Å². The number of carbonyl (C=O) groups is 1. The van der Waals surface area contributed by atoms with Crippen LogP contribution in [0.4, 0.5) is 5.13 Å². The van der Waals surface area contributed by atoms with Crippen molar-refractivity contribution in [3.8, 4) is 0 Å². The van der Waals surface area contributed by atoms with Crippen LogP contribution in [-0.4, -0.2) is 16.1 Å². The number of aryl methyl sites for hydroxylation is 1. The molecule has 4 nitrogen and oxygen atoms in total. The second kappa shape index (κ2) is 5.42. The Kier molecular flexibility index (Phi) is 3.40. The minimum Gasteiger partial charge on any atom is -0.296 e. The summed E-state index contributed by atoms with van der Waals surface area (Å²) in [6.07, 6.45) is 0.828. The zero-order valence-electron chi connectivity index (χ0n) is 11.6. The molecule has 7 heteroatoms. The molecule has 1 amide bonds. The first-order valence-corrected chi connectivity index (χ1v) is 9.24. The van der Waals surface area contributed by atoms with Gasteiger partial charge in [0, 0.05) is 14.8 Å². The van der Waals surface area contributed by atoms with Crippen molar-refractivity contribution in [2.75, 3.05) is 5.32 Å². The van der Waals surface area contributed by atoms with Crippen molar-refractivity contribution in [1.29, 1.82) is 0 Å². The third kappa shape index (κ3) is 2.31. The van der Waals surface area contributed by atoms with Gasteiger partial charge in [0.25, 0.3) is 5.91 Å². The standard InChI is InChI=1S/C15H11N3OS3/c1-2-12-17-18-15(22-12)16-14(19)11-7-10-13(21-11)8-5-3-4-6-9(8)20-10/h3-7H,2H2,1H3,(H,16,18,19). The predicted octanol–water partition coefficient (Wildman–Crippen LogP) is 4.78. The maximum atomic E-state index is 12.4. The number of fused-ring (bicyclic) bond motifs is 3. The number of thiophene rings is 2. The molecule has 0 spiro atoms. The molecule has 0 aliphatic heterocycles. The van der Waals surface area contributed by atoms with E-state index >= 15 is 0 Å². The molecule has 0 unspecified atom stereocenters. The molecule has 3 heterocycles. The van der Waals surface area contributed by atoms with E-state index in [9.17, 15) is 4.79 Å². The van der Waals surface area contributed by atoms with Crippen LogP contribution in [0.5, 0.6) is 0 Å². The number of hydrogen-bond donors (Lipinski definition) is 1. The van der Waals surface area contributed by atoms with Crippen molar-refractivity contribution in [3.63, 3.8) is 0 Å². The molecule has 4 aromatic rings. The number of nitrogens with one attached hydrogen (secondary N) is 1. The van der Waals surface area contributed by atoms with Gasteiger partial charge in [0.05, 0.1) is 9.58 Å². The van der Waals surface area contributed by atoms with Crippen LogP contribution in [0.25, 0.3) is 19.5 Å². The van der Waals surface area contributed by atoms with Gasteiger partial charge < -0.3 is 0 Å². The summed E-state index contributed by atoms with van der Waals surface area (Å²) in [6.45, 7) is 2.02. The van der Waals surface area contributed by atoms with E-state index in [-0.39, 0.29) is 5.91 Å². The number of hydrogen-bond acceptors (Lipinski definition) is 6. The van der Waals surface area contributed by atoms with Gasteiger partial charge in [0.15, 0.2) is 0 Å². The highest BCUT2D eigenvalue weighted by molar-refractivity contribution is 7.33. The number of amides is 1. The maximum Gasteiger partial charge on any atom is 0.267 e. The van der Waals surface area contributed by atoms with Crippen LogP contribution in [0.2, 0.25) is 0 Å². The molecule has 0 atom stereocenters. The molecule has 0 saturated carbocycles. The number of aromatic nitrogens is 2. The molecule has 0 aliphatic rings. The Morgan fingerprint density at radius 2 is 2.00 bits per heavy atom. The van der Waals surface area contributed by atoms with E-state index < -0.39 is 0 Å². The lowest BCUT2D eigenvalue weighted by molar-refractivity contribution is 0.103. The van der Waals surface area contributed by atoms with Crippen molar-refractivity contribution in [1.82, 2.24) is 10.2 Å². The lowest BCUT2D eigenvalue weighted by atomic mass is 10.2. The van der Waals surface area contributed by atoms with Gasteiger partial charge in [0.2, 0.25) is 5.13 Å². The SMILES string of the molecule is CCc1nnc(NC(=O)c2cc3sc4ccccc4c3s2)s1. The third-order valence-electron chi connectivity index (χ3n) is 3.26. The van der Waals surface area contributed by atoms with Gasteiger partial charge in [-0.25, -0.2) is 0 Å². The Hall–Kier alpha value is -1.83. The van der Waals surface area contributed by atoms with Gasteiger partial charge >= 0.3 is 0 Å². The van der Waals surface area contributed by atoms with E-state index in [2.05, 4.69) is 27.6 Å². The summed E-state index contributed by atoms with van der Waals surface area (Å²) in [4.78, 5) is 13.1. The fourth-order valence-corrected chi connectivity index (χ4v) is 5.31. The Morgan fingerprint density at radius 3 is 2.82 bits per heavy atom. The van der Waals surface area contributed by atoms with E-state index in [4.69, 9.17) is 0 Å². The first-order valence-electron chi connectivity index (χ1n) is 6.79. The number of anilines is 1. The summed E-state index contributed by atoms with van der Waals surface area (Å²) in [6, 6.07) is 10.2. The topological polar surface area (TPSA) is 54.9 Å². The molecular formula is C15H11N3OS3. The summed E-state index contributed by atoms with van der Waals surface area (Å²) in [5.74, 6) is -0.115. The predicted molar refractivity (Wildman–Crippen MR) is 94.4 cm³/mol. The lowest BCUT2D eigenvalue weighted by Gasteiger charge is -1.96. The minimum atomic E-state index is -0.115. The number of nitrogens with zero attached hydrogens (tertiary/aromatic N) is 2. The zero-order chi connectivity index (χ0) is 15.1.